The van der Waals surface area contributed by atoms with Crippen LogP contribution in [-0.4, -0.2) is 23.0 Å². The zero-order valence-electron chi connectivity index (χ0n) is 6.95. The smallest absolute Gasteiger partial charge is 0.233 e. The predicted molar refractivity (Wildman–Crippen MR) is 47.9 cm³/mol. The Kier molecular flexibility index (Phi) is 3.45. The van der Waals surface area contributed by atoms with Gasteiger partial charge in [-0.3, -0.25) is 10.1 Å². The lowest BCUT2D eigenvalue weighted by molar-refractivity contribution is -0.105. The van der Waals surface area contributed by atoms with Gasteiger partial charge >= 0.3 is 0 Å². The molecule has 0 saturated heterocycles. The van der Waals surface area contributed by atoms with E-state index in [9.17, 15) is 4.79 Å². The lowest BCUT2D eigenvalue weighted by Gasteiger charge is -2.03. The average molecular weight is 202 g/mol. The van der Waals surface area contributed by atoms with Crippen LogP contribution < -0.4 is 10.1 Å². The number of ether oxygens (including phenoxy) is 1. The maximum absolute atomic E-state index is 10.1. The lowest BCUT2D eigenvalue weighted by Crippen LogP contribution is -2.02. The molecule has 0 atom stereocenters. The molecule has 0 fully saturated rings. The second-order valence-electron chi connectivity index (χ2n) is 2.05. The summed E-state index contributed by atoms with van der Waals surface area (Å²) in [7, 11) is 0. The molecule has 6 heteroatoms. The maximum Gasteiger partial charge on any atom is 0.233 e. The molecule has 0 bridgehead atoms. The van der Waals surface area contributed by atoms with Crippen molar-refractivity contribution in [1.82, 2.24) is 9.97 Å². The van der Waals surface area contributed by atoms with Gasteiger partial charge in [-0.25, -0.2) is 4.98 Å². The van der Waals surface area contributed by atoms with Crippen molar-refractivity contribution < 1.29 is 9.53 Å². The summed E-state index contributed by atoms with van der Waals surface area (Å²) in [6, 6.07) is 1.47. The SMILES string of the molecule is CCOc1cc(Cl)nc(NC=O)n1. The van der Waals surface area contributed by atoms with E-state index >= 15 is 0 Å². The first-order valence-electron chi connectivity index (χ1n) is 3.64. The number of aromatic nitrogens is 2. The van der Waals surface area contributed by atoms with Gasteiger partial charge in [-0.15, -0.1) is 0 Å². The van der Waals surface area contributed by atoms with Crippen LogP contribution in [0.15, 0.2) is 6.07 Å². The fourth-order valence-corrected chi connectivity index (χ4v) is 0.909. The van der Waals surface area contributed by atoms with Gasteiger partial charge in [0.1, 0.15) is 5.15 Å². The molecule has 0 aromatic carbocycles. The number of hydrogen-bond donors (Lipinski definition) is 1. The number of anilines is 1. The number of carbonyl (C=O) groups is 1. The first-order valence-corrected chi connectivity index (χ1v) is 4.01. The first-order chi connectivity index (χ1) is 6.26. The molecular weight excluding hydrogens is 194 g/mol. The van der Waals surface area contributed by atoms with Gasteiger partial charge in [0.15, 0.2) is 0 Å². The van der Waals surface area contributed by atoms with E-state index in [1.807, 2.05) is 6.92 Å². The second-order valence-corrected chi connectivity index (χ2v) is 2.43. The summed E-state index contributed by atoms with van der Waals surface area (Å²) in [5, 5.41) is 2.50. The summed E-state index contributed by atoms with van der Waals surface area (Å²) in [5.41, 5.74) is 0. The minimum atomic E-state index is 0.131. The molecule has 0 aliphatic rings. The summed E-state index contributed by atoms with van der Waals surface area (Å²) in [6.45, 7) is 2.30. The second kappa shape index (κ2) is 4.61. The third kappa shape index (κ3) is 2.87. The van der Waals surface area contributed by atoms with Crippen LogP contribution in [0.3, 0.4) is 0 Å². The van der Waals surface area contributed by atoms with Gasteiger partial charge in [0.2, 0.25) is 18.2 Å². The Bertz CT molecular complexity index is 306. The van der Waals surface area contributed by atoms with Crippen molar-refractivity contribution in [3.63, 3.8) is 0 Å². The molecule has 0 unspecified atom stereocenters. The van der Waals surface area contributed by atoms with Crippen molar-refractivity contribution in [3.8, 4) is 5.88 Å². The van der Waals surface area contributed by atoms with Crippen LogP contribution in [0.4, 0.5) is 5.95 Å². The molecule has 1 amide bonds. The highest BCUT2D eigenvalue weighted by Gasteiger charge is 2.02. The minimum absolute atomic E-state index is 0.131. The molecule has 0 aliphatic heterocycles. The molecule has 1 aromatic heterocycles. The summed E-state index contributed by atoms with van der Waals surface area (Å²) >= 11 is 5.63. The quantitative estimate of drug-likeness (QED) is 0.585. The molecule has 0 saturated carbocycles. The van der Waals surface area contributed by atoms with Crippen LogP contribution in [0, 0.1) is 0 Å². The van der Waals surface area contributed by atoms with Crippen LogP contribution in [0.5, 0.6) is 5.88 Å². The van der Waals surface area contributed by atoms with Crippen molar-refractivity contribution in [3.05, 3.63) is 11.2 Å². The van der Waals surface area contributed by atoms with Crippen molar-refractivity contribution in [2.24, 2.45) is 0 Å². The van der Waals surface area contributed by atoms with Crippen molar-refractivity contribution in [2.45, 2.75) is 6.92 Å². The van der Waals surface area contributed by atoms with E-state index in [1.54, 1.807) is 0 Å². The normalized spacial score (nSPS) is 9.38. The van der Waals surface area contributed by atoms with Gasteiger partial charge < -0.3 is 4.74 Å². The number of nitrogens with zero attached hydrogens (tertiary/aromatic N) is 2. The molecule has 1 aromatic rings. The van der Waals surface area contributed by atoms with Gasteiger partial charge in [-0.05, 0) is 6.92 Å². The molecule has 0 spiro atoms. The highest BCUT2D eigenvalue weighted by Crippen LogP contribution is 2.15. The number of nitrogens with one attached hydrogen (secondary N) is 1. The van der Waals surface area contributed by atoms with E-state index in [4.69, 9.17) is 16.3 Å². The summed E-state index contributed by atoms with van der Waals surface area (Å²) in [6.07, 6.45) is 0.474. The highest BCUT2D eigenvalue weighted by molar-refractivity contribution is 6.29. The van der Waals surface area contributed by atoms with E-state index in [0.29, 0.717) is 18.9 Å². The molecule has 0 aliphatic carbocycles. The van der Waals surface area contributed by atoms with Crippen LogP contribution in [0.25, 0.3) is 0 Å². The van der Waals surface area contributed by atoms with E-state index < -0.39 is 0 Å². The molecular formula is C7H8ClN3O2. The standard InChI is InChI=1S/C7H8ClN3O2/c1-2-13-6-3-5(8)10-7(11-6)9-4-12/h3-4H,2H2,1H3,(H,9,10,11,12). The molecule has 70 valence electrons. The Balaban J connectivity index is 2.89. The number of amides is 1. The van der Waals surface area contributed by atoms with E-state index in [2.05, 4.69) is 15.3 Å². The molecule has 5 nitrogen and oxygen atoms in total. The predicted octanol–water partition coefficient (Wildman–Crippen LogP) is 1.10. The maximum atomic E-state index is 10.1. The zero-order chi connectivity index (χ0) is 9.68. The van der Waals surface area contributed by atoms with Gasteiger partial charge in [0, 0.05) is 6.07 Å². The van der Waals surface area contributed by atoms with Gasteiger partial charge in [-0.2, -0.15) is 4.98 Å². The van der Waals surface area contributed by atoms with Gasteiger partial charge in [0.05, 0.1) is 6.61 Å². The number of rotatable bonds is 4. The van der Waals surface area contributed by atoms with Crippen LogP contribution in [0.2, 0.25) is 5.15 Å². The minimum Gasteiger partial charge on any atom is -0.478 e. The van der Waals surface area contributed by atoms with E-state index in [-0.39, 0.29) is 11.1 Å². The first kappa shape index (κ1) is 9.73. The molecule has 0 radical (unpaired) electrons. The summed E-state index contributed by atoms with van der Waals surface area (Å²) in [4.78, 5) is 17.7. The monoisotopic (exact) mass is 201 g/mol. The van der Waals surface area contributed by atoms with Crippen molar-refractivity contribution in [1.29, 1.82) is 0 Å². The Morgan fingerprint density at radius 2 is 2.46 bits per heavy atom. The van der Waals surface area contributed by atoms with Gasteiger partial charge in [0.25, 0.3) is 0 Å². The topological polar surface area (TPSA) is 64.1 Å². The Hall–Kier alpha value is -1.36. The van der Waals surface area contributed by atoms with E-state index in [1.165, 1.54) is 6.07 Å². The van der Waals surface area contributed by atoms with Crippen LogP contribution >= 0.6 is 11.6 Å². The molecule has 1 N–H and O–H groups in total. The van der Waals surface area contributed by atoms with E-state index in [0.717, 1.165) is 0 Å². The van der Waals surface area contributed by atoms with Crippen LogP contribution in [-0.2, 0) is 4.79 Å². The Morgan fingerprint density at radius 3 is 3.08 bits per heavy atom. The Morgan fingerprint density at radius 1 is 1.69 bits per heavy atom. The van der Waals surface area contributed by atoms with Gasteiger partial charge in [-0.1, -0.05) is 11.6 Å². The summed E-state index contributed by atoms with van der Waals surface area (Å²) < 4.78 is 5.08. The Labute approximate surface area is 80.1 Å². The largest absolute Gasteiger partial charge is 0.478 e. The fourth-order valence-electron chi connectivity index (χ4n) is 0.736. The lowest BCUT2D eigenvalue weighted by atomic mass is 10.6. The fraction of sp³-hybridized carbons (Fsp3) is 0.286. The highest BCUT2D eigenvalue weighted by atomic mass is 35.5. The number of carbonyl (C=O) groups excluding carboxylic acids is 1. The van der Waals surface area contributed by atoms with Crippen molar-refractivity contribution in [2.75, 3.05) is 11.9 Å². The third-order valence-corrected chi connectivity index (χ3v) is 1.35. The summed E-state index contributed by atoms with van der Waals surface area (Å²) in [5.74, 6) is 0.470. The third-order valence-electron chi connectivity index (χ3n) is 1.15. The molecule has 1 heterocycles. The van der Waals surface area contributed by atoms with Crippen molar-refractivity contribution >= 4 is 24.0 Å². The molecule has 1 rings (SSSR count). The average Bonchev–Trinajstić information content (AvgIpc) is 2.04. The zero-order valence-corrected chi connectivity index (χ0v) is 7.71. The molecule has 13 heavy (non-hydrogen) atoms. The number of hydrogen-bond acceptors (Lipinski definition) is 4. The number of halogens is 1. The van der Waals surface area contributed by atoms with Crippen LogP contribution in [0.1, 0.15) is 6.92 Å².